The summed E-state index contributed by atoms with van der Waals surface area (Å²) in [6.07, 6.45) is 5.50. The summed E-state index contributed by atoms with van der Waals surface area (Å²) in [5.41, 5.74) is 2.19. The molecule has 1 aromatic carbocycles. The molecule has 1 aromatic rings. The smallest absolute Gasteiger partial charge is 0.238 e. The van der Waals surface area contributed by atoms with E-state index in [1.165, 1.54) is 0 Å². The molecule has 0 aliphatic heterocycles. The van der Waals surface area contributed by atoms with Crippen LogP contribution in [-0.2, 0) is 9.59 Å². The molecule has 106 valence electrons. The molecule has 1 rings (SSSR count). The van der Waals surface area contributed by atoms with Crippen molar-refractivity contribution < 1.29 is 9.59 Å². The van der Waals surface area contributed by atoms with E-state index in [1.54, 1.807) is 25.1 Å². The zero-order chi connectivity index (χ0) is 15.0. The van der Waals surface area contributed by atoms with Gasteiger partial charge in [-0.25, -0.2) is 0 Å². The van der Waals surface area contributed by atoms with Crippen LogP contribution in [0, 0.1) is 19.3 Å². The predicted octanol–water partition coefficient (Wildman–Crippen LogP) is 1.50. The monoisotopic (exact) mass is 273 g/mol. The second-order valence-corrected chi connectivity index (χ2v) is 4.24. The molecule has 0 aliphatic carbocycles. The maximum atomic E-state index is 11.7. The highest BCUT2D eigenvalue weighted by Crippen LogP contribution is 2.23. The standard InChI is InChI=1S/C15H19N3O2/c1-4-9-16-10-15(20)18-13-8-6-7-12(11(13)3)17-14(19)5-2/h1,6-8,16H,5,9-10H2,2-3H3,(H,17,19)(H,18,20). The third-order valence-electron chi connectivity index (χ3n) is 2.72. The molecule has 0 spiro atoms. The van der Waals surface area contributed by atoms with E-state index in [1.807, 2.05) is 6.92 Å². The summed E-state index contributed by atoms with van der Waals surface area (Å²) in [6, 6.07) is 5.37. The molecule has 0 saturated heterocycles. The van der Waals surface area contributed by atoms with Gasteiger partial charge in [0.2, 0.25) is 11.8 Å². The van der Waals surface area contributed by atoms with Gasteiger partial charge in [-0.2, -0.15) is 0 Å². The quantitative estimate of drug-likeness (QED) is 0.543. The largest absolute Gasteiger partial charge is 0.326 e. The van der Waals surface area contributed by atoms with E-state index in [4.69, 9.17) is 6.42 Å². The van der Waals surface area contributed by atoms with Gasteiger partial charge in [0, 0.05) is 17.8 Å². The van der Waals surface area contributed by atoms with Gasteiger partial charge in [-0.05, 0) is 24.6 Å². The van der Waals surface area contributed by atoms with Gasteiger partial charge < -0.3 is 10.6 Å². The Balaban J connectivity index is 2.71. The lowest BCUT2D eigenvalue weighted by Crippen LogP contribution is -2.28. The SMILES string of the molecule is C#CCNCC(=O)Nc1cccc(NC(=O)CC)c1C. The lowest BCUT2D eigenvalue weighted by molar-refractivity contribution is -0.116. The number of anilines is 2. The normalized spacial score (nSPS) is 9.65. The number of amides is 2. The summed E-state index contributed by atoms with van der Waals surface area (Å²) in [4.78, 5) is 23.1. The molecule has 0 fully saturated rings. The van der Waals surface area contributed by atoms with Crippen LogP contribution < -0.4 is 16.0 Å². The number of rotatable bonds is 6. The summed E-state index contributed by atoms with van der Waals surface area (Å²) in [5.74, 6) is 2.16. The first-order valence-electron chi connectivity index (χ1n) is 6.42. The fourth-order valence-electron chi connectivity index (χ4n) is 1.59. The molecule has 0 bridgehead atoms. The summed E-state index contributed by atoms with van der Waals surface area (Å²) in [7, 11) is 0. The third kappa shape index (κ3) is 4.75. The number of benzene rings is 1. The predicted molar refractivity (Wildman–Crippen MR) is 80.4 cm³/mol. The van der Waals surface area contributed by atoms with E-state index in [0.717, 1.165) is 5.56 Å². The zero-order valence-electron chi connectivity index (χ0n) is 11.7. The molecule has 0 heterocycles. The minimum atomic E-state index is -0.178. The fourth-order valence-corrected chi connectivity index (χ4v) is 1.59. The Morgan fingerprint density at radius 2 is 1.80 bits per heavy atom. The van der Waals surface area contributed by atoms with Crippen LogP contribution in [0.25, 0.3) is 0 Å². The minimum absolute atomic E-state index is 0.0627. The molecule has 0 atom stereocenters. The van der Waals surface area contributed by atoms with E-state index in [9.17, 15) is 9.59 Å². The van der Waals surface area contributed by atoms with Crippen molar-refractivity contribution in [1.82, 2.24) is 5.32 Å². The van der Waals surface area contributed by atoms with E-state index in [0.29, 0.717) is 24.3 Å². The highest BCUT2D eigenvalue weighted by Gasteiger charge is 2.08. The summed E-state index contributed by atoms with van der Waals surface area (Å²) >= 11 is 0. The molecule has 5 heteroatoms. The number of hydrogen-bond donors (Lipinski definition) is 3. The first-order valence-corrected chi connectivity index (χ1v) is 6.42. The van der Waals surface area contributed by atoms with Crippen molar-refractivity contribution in [2.45, 2.75) is 20.3 Å². The van der Waals surface area contributed by atoms with Crippen LogP contribution in [-0.4, -0.2) is 24.9 Å². The number of carbonyl (C=O) groups excluding carboxylic acids is 2. The molecule has 20 heavy (non-hydrogen) atoms. The molecule has 0 radical (unpaired) electrons. The third-order valence-corrected chi connectivity index (χ3v) is 2.72. The molecule has 0 unspecified atom stereocenters. The van der Waals surface area contributed by atoms with Gasteiger partial charge in [0.25, 0.3) is 0 Å². The fraction of sp³-hybridized carbons (Fsp3) is 0.333. The second-order valence-electron chi connectivity index (χ2n) is 4.24. The first kappa shape index (κ1) is 15.7. The number of carbonyl (C=O) groups is 2. The molecule has 0 saturated carbocycles. The van der Waals surface area contributed by atoms with Crippen LogP contribution in [0.4, 0.5) is 11.4 Å². The van der Waals surface area contributed by atoms with Gasteiger partial charge in [-0.1, -0.05) is 18.9 Å². The summed E-state index contributed by atoms with van der Waals surface area (Å²) in [5, 5.41) is 8.39. The molecule has 0 aromatic heterocycles. The maximum Gasteiger partial charge on any atom is 0.238 e. The van der Waals surface area contributed by atoms with Gasteiger partial charge in [-0.3, -0.25) is 14.9 Å². The number of terminal acetylenes is 1. The van der Waals surface area contributed by atoms with E-state index in [-0.39, 0.29) is 18.4 Å². The van der Waals surface area contributed by atoms with Crippen molar-refractivity contribution in [2.75, 3.05) is 23.7 Å². The summed E-state index contributed by atoms with van der Waals surface area (Å²) < 4.78 is 0. The van der Waals surface area contributed by atoms with E-state index < -0.39 is 0 Å². The Bertz CT molecular complexity index is 532. The summed E-state index contributed by atoms with van der Waals surface area (Å²) in [6.45, 7) is 4.12. The van der Waals surface area contributed by atoms with Crippen molar-refractivity contribution in [1.29, 1.82) is 0 Å². The topological polar surface area (TPSA) is 70.2 Å². The van der Waals surface area contributed by atoms with Crippen LogP contribution in [0.5, 0.6) is 0 Å². The highest BCUT2D eigenvalue weighted by molar-refractivity contribution is 5.96. The van der Waals surface area contributed by atoms with Gasteiger partial charge in [0.15, 0.2) is 0 Å². The first-order chi connectivity index (χ1) is 9.58. The Hall–Kier alpha value is -2.32. The molecule has 0 aliphatic rings. The van der Waals surface area contributed by atoms with Crippen LogP contribution in [0.1, 0.15) is 18.9 Å². The van der Waals surface area contributed by atoms with Gasteiger partial charge in [0.1, 0.15) is 0 Å². The van der Waals surface area contributed by atoms with Gasteiger partial charge in [-0.15, -0.1) is 6.42 Å². The Labute approximate surface area is 119 Å². The van der Waals surface area contributed by atoms with Gasteiger partial charge >= 0.3 is 0 Å². The average Bonchev–Trinajstić information content (AvgIpc) is 2.43. The van der Waals surface area contributed by atoms with Crippen molar-refractivity contribution in [3.8, 4) is 12.3 Å². The average molecular weight is 273 g/mol. The molecule has 5 nitrogen and oxygen atoms in total. The van der Waals surface area contributed by atoms with Crippen molar-refractivity contribution in [2.24, 2.45) is 0 Å². The number of hydrogen-bond acceptors (Lipinski definition) is 3. The van der Waals surface area contributed by atoms with E-state index in [2.05, 4.69) is 21.9 Å². The lowest BCUT2D eigenvalue weighted by Gasteiger charge is -2.13. The Morgan fingerprint density at radius 1 is 1.20 bits per heavy atom. The molecular weight excluding hydrogens is 254 g/mol. The molecule has 3 N–H and O–H groups in total. The molecular formula is C15H19N3O2. The Morgan fingerprint density at radius 3 is 2.35 bits per heavy atom. The van der Waals surface area contributed by atoms with Crippen LogP contribution in [0.3, 0.4) is 0 Å². The van der Waals surface area contributed by atoms with Crippen molar-refractivity contribution in [3.63, 3.8) is 0 Å². The van der Waals surface area contributed by atoms with Crippen molar-refractivity contribution in [3.05, 3.63) is 23.8 Å². The Kier molecular flexibility index (Phi) is 6.27. The highest BCUT2D eigenvalue weighted by atomic mass is 16.2. The van der Waals surface area contributed by atoms with Crippen molar-refractivity contribution >= 4 is 23.2 Å². The maximum absolute atomic E-state index is 11.7. The second kappa shape index (κ2) is 7.97. The number of nitrogens with one attached hydrogen (secondary N) is 3. The van der Waals surface area contributed by atoms with Crippen LogP contribution in [0.2, 0.25) is 0 Å². The zero-order valence-corrected chi connectivity index (χ0v) is 11.7. The van der Waals surface area contributed by atoms with E-state index >= 15 is 0 Å². The van der Waals surface area contributed by atoms with Crippen LogP contribution in [0.15, 0.2) is 18.2 Å². The lowest BCUT2D eigenvalue weighted by atomic mass is 10.1. The van der Waals surface area contributed by atoms with Gasteiger partial charge in [0.05, 0.1) is 13.1 Å². The minimum Gasteiger partial charge on any atom is -0.326 e. The molecule has 2 amide bonds. The van der Waals surface area contributed by atoms with Crippen LogP contribution >= 0.6 is 0 Å².